The predicted molar refractivity (Wildman–Crippen MR) is 253 cm³/mol. The quantitative estimate of drug-likeness (QED) is 0.0886. The Morgan fingerprint density at radius 1 is 0.726 bits per heavy atom. The molecule has 0 radical (unpaired) electrons. The Morgan fingerprint density at radius 3 is 1.71 bits per heavy atom. The normalized spacial score (nSPS) is 16.5. The van der Waals surface area contributed by atoms with Gasteiger partial charge in [0, 0.05) is 84.0 Å². The van der Waals surface area contributed by atoms with Gasteiger partial charge in [-0.05, 0) is 93.1 Å². The first-order valence-corrected chi connectivity index (χ1v) is 23.5. The van der Waals surface area contributed by atoms with Crippen LogP contribution in [0, 0.1) is 10.8 Å². The average molecular weight is 913 g/mol. The second-order valence-corrected chi connectivity index (χ2v) is 20.5. The number of carbonyl (C=O) groups is 3. The Hall–Kier alpha value is -4.14. The SMILES string of the molecule is CC(C)(C)OC(=O)N1CCN(Cc2cccc(CC(=O)N=C(N)SC(=N)CSCCC(=N)SC(N)=NC(O)Cc3cccc(CN4CCN(C(=O)OC(C)(C)C)CC4)c3)c2)CC1. The molecule has 0 spiro atoms. The highest BCUT2D eigenvalue weighted by Gasteiger charge is 2.27. The van der Waals surface area contributed by atoms with Gasteiger partial charge >= 0.3 is 12.2 Å². The van der Waals surface area contributed by atoms with E-state index in [4.69, 9.17) is 31.8 Å². The van der Waals surface area contributed by atoms with Crippen LogP contribution >= 0.6 is 35.3 Å². The second kappa shape index (κ2) is 24.1. The molecule has 2 aromatic rings. The van der Waals surface area contributed by atoms with Crippen LogP contribution in [0.2, 0.25) is 0 Å². The van der Waals surface area contributed by atoms with Crippen molar-refractivity contribution >= 4 is 73.8 Å². The molecular formula is C43H64N10O6S3. The van der Waals surface area contributed by atoms with Crippen LogP contribution in [0.15, 0.2) is 58.5 Å². The lowest BCUT2D eigenvalue weighted by Gasteiger charge is -2.35. The molecule has 340 valence electrons. The van der Waals surface area contributed by atoms with E-state index in [-0.39, 0.29) is 45.5 Å². The first kappa shape index (κ1) is 50.5. The number of amidine groups is 2. The van der Waals surface area contributed by atoms with Crippen LogP contribution in [-0.2, 0) is 40.2 Å². The van der Waals surface area contributed by atoms with Gasteiger partial charge in [0.2, 0.25) is 0 Å². The molecule has 2 fully saturated rings. The number of thioether (sulfide) groups is 3. The number of aliphatic hydroxyl groups excluding tert-OH is 1. The van der Waals surface area contributed by atoms with Crippen molar-refractivity contribution in [3.63, 3.8) is 0 Å². The highest BCUT2D eigenvalue weighted by molar-refractivity contribution is 8.27. The van der Waals surface area contributed by atoms with Crippen molar-refractivity contribution in [3.05, 3.63) is 70.8 Å². The van der Waals surface area contributed by atoms with Gasteiger partial charge in [0.1, 0.15) is 11.2 Å². The van der Waals surface area contributed by atoms with Crippen molar-refractivity contribution in [2.24, 2.45) is 21.5 Å². The Morgan fingerprint density at radius 2 is 1.19 bits per heavy atom. The number of rotatable bonds is 14. The highest BCUT2D eigenvalue weighted by atomic mass is 32.2. The standard InChI is InChI=1S/C43H64N10O6S3/c1-42(2,3)58-40(56)52-18-14-50(15-19-52)27-32-11-7-9-30(23-32)25-36(54)48-38(46)61-34(44)13-22-60-29-35(45)62-39(47)49-37(55)26-31-10-8-12-33(24-31)28-51-16-20-53(21-17-51)41(57)59-43(4,5)6/h7-12,23-24,36,44-45,54H,13-22,25-29H2,1-6H3,(H2,46,48)(H2,47,49,55). The van der Waals surface area contributed by atoms with E-state index >= 15 is 0 Å². The summed E-state index contributed by atoms with van der Waals surface area (Å²) in [6.07, 6.45) is -0.885. The van der Waals surface area contributed by atoms with E-state index in [9.17, 15) is 19.5 Å². The minimum absolute atomic E-state index is 0.00683. The summed E-state index contributed by atoms with van der Waals surface area (Å²) in [4.78, 5) is 53.7. The number of aliphatic hydroxyl groups is 1. The van der Waals surface area contributed by atoms with Gasteiger partial charge in [0.25, 0.3) is 5.91 Å². The maximum Gasteiger partial charge on any atom is 0.410 e. The lowest BCUT2D eigenvalue weighted by atomic mass is 10.1. The molecule has 3 amide bonds. The lowest BCUT2D eigenvalue weighted by Crippen LogP contribution is -2.49. The second-order valence-electron chi connectivity index (χ2n) is 17.2. The number of hydrogen-bond donors (Lipinski definition) is 5. The molecule has 62 heavy (non-hydrogen) atoms. The van der Waals surface area contributed by atoms with Gasteiger partial charge in [0.05, 0.1) is 16.5 Å². The maximum atomic E-state index is 12.7. The zero-order valence-electron chi connectivity index (χ0n) is 36.9. The molecule has 19 heteroatoms. The van der Waals surface area contributed by atoms with E-state index in [0.29, 0.717) is 50.7 Å². The van der Waals surface area contributed by atoms with Crippen LogP contribution < -0.4 is 11.5 Å². The van der Waals surface area contributed by atoms with Crippen LogP contribution in [0.3, 0.4) is 0 Å². The summed E-state index contributed by atoms with van der Waals surface area (Å²) in [6, 6.07) is 15.7. The first-order valence-electron chi connectivity index (χ1n) is 20.7. The molecule has 2 aliphatic rings. The van der Waals surface area contributed by atoms with Crippen LogP contribution in [-0.4, -0.2) is 145 Å². The summed E-state index contributed by atoms with van der Waals surface area (Å²) in [5.74, 6) is 0.495. The molecule has 2 saturated heterocycles. The summed E-state index contributed by atoms with van der Waals surface area (Å²) < 4.78 is 11.0. The molecule has 2 heterocycles. The summed E-state index contributed by atoms with van der Waals surface area (Å²) in [5.41, 5.74) is 14.9. The van der Waals surface area contributed by atoms with E-state index in [1.807, 2.05) is 90.1 Å². The molecule has 1 atom stereocenters. The van der Waals surface area contributed by atoms with Crippen LogP contribution in [0.25, 0.3) is 0 Å². The van der Waals surface area contributed by atoms with E-state index in [1.165, 1.54) is 11.8 Å². The van der Waals surface area contributed by atoms with Crippen molar-refractivity contribution in [1.82, 2.24) is 19.6 Å². The van der Waals surface area contributed by atoms with Gasteiger partial charge in [0.15, 0.2) is 16.6 Å². The zero-order chi connectivity index (χ0) is 45.5. The minimum atomic E-state index is -1.06. The van der Waals surface area contributed by atoms with Crippen molar-refractivity contribution in [1.29, 1.82) is 10.8 Å². The van der Waals surface area contributed by atoms with E-state index < -0.39 is 23.3 Å². The van der Waals surface area contributed by atoms with Gasteiger partial charge in [-0.3, -0.25) is 25.4 Å². The number of amides is 3. The molecule has 7 N–H and O–H groups in total. The Bertz CT molecular complexity index is 1920. The number of hydrogen-bond acceptors (Lipinski definition) is 14. The molecule has 0 bridgehead atoms. The molecule has 0 aromatic heterocycles. The molecule has 0 saturated carbocycles. The summed E-state index contributed by atoms with van der Waals surface area (Å²) in [7, 11) is 0. The monoisotopic (exact) mass is 912 g/mol. The maximum absolute atomic E-state index is 12.7. The molecule has 1 unspecified atom stereocenters. The third kappa shape index (κ3) is 19.5. The van der Waals surface area contributed by atoms with Crippen LogP contribution in [0.1, 0.15) is 70.2 Å². The lowest BCUT2D eigenvalue weighted by molar-refractivity contribution is -0.117. The molecular weight excluding hydrogens is 849 g/mol. The number of nitrogens with one attached hydrogen (secondary N) is 2. The number of carbonyl (C=O) groups excluding carboxylic acids is 3. The number of aliphatic imine (C=N–C) groups is 2. The number of benzene rings is 2. The summed E-state index contributed by atoms with van der Waals surface area (Å²) >= 11 is 3.39. The summed E-state index contributed by atoms with van der Waals surface area (Å²) in [5, 5.41) is 27.9. The first-order chi connectivity index (χ1) is 29.2. The van der Waals surface area contributed by atoms with Crippen molar-refractivity contribution in [3.8, 4) is 0 Å². The summed E-state index contributed by atoms with van der Waals surface area (Å²) in [6.45, 7) is 17.9. The van der Waals surface area contributed by atoms with Gasteiger partial charge in [-0.15, -0.1) is 0 Å². The van der Waals surface area contributed by atoms with Crippen molar-refractivity contribution in [2.75, 3.05) is 63.9 Å². The van der Waals surface area contributed by atoms with Gasteiger partial charge in [-0.1, -0.05) is 48.5 Å². The highest BCUT2D eigenvalue weighted by Crippen LogP contribution is 2.19. The van der Waals surface area contributed by atoms with E-state index in [2.05, 4.69) is 19.8 Å². The van der Waals surface area contributed by atoms with Gasteiger partial charge in [-0.25, -0.2) is 14.6 Å². The topological polar surface area (TPSA) is 227 Å². The van der Waals surface area contributed by atoms with Gasteiger partial charge in [-0.2, -0.15) is 16.8 Å². The third-order valence-corrected chi connectivity index (χ3v) is 11.9. The molecule has 0 aliphatic carbocycles. The number of nitrogens with zero attached hydrogens (tertiary/aromatic N) is 6. The third-order valence-electron chi connectivity index (χ3n) is 9.29. The van der Waals surface area contributed by atoms with Crippen LogP contribution in [0.5, 0.6) is 0 Å². The number of ether oxygens (including phenoxy) is 2. The molecule has 4 rings (SSSR count). The Kier molecular flexibility index (Phi) is 19.6. The minimum Gasteiger partial charge on any atom is -0.444 e. The smallest absolute Gasteiger partial charge is 0.410 e. The van der Waals surface area contributed by atoms with Crippen LogP contribution in [0.4, 0.5) is 9.59 Å². The fraction of sp³-hybridized carbons (Fsp3) is 0.558. The average Bonchev–Trinajstić information content (AvgIpc) is 3.15. The van der Waals surface area contributed by atoms with Crippen molar-refractivity contribution < 1.29 is 29.0 Å². The zero-order valence-corrected chi connectivity index (χ0v) is 39.3. The molecule has 2 aliphatic heterocycles. The molecule has 2 aromatic carbocycles. The number of nitrogens with two attached hydrogens (primary N) is 2. The largest absolute Gasteiger partial charge is 0.444 e. The fourth-order valence-corrected chi connectivity index (χ4v) is 8.82. The van der Waals surface area contributed by atoms with Crippen molar-refractivity contribution in [2.45, 2.75) is 91.3 Å². The van der Waals surface area contributed by atoms with E-state index in [1.54, 1.807) is 9.80 Å². The Balaban J connectivity index is 1.09. The number of piperazine rings is 2. The van der Waals surface area contributed by atoms with E-state index in [0.717, 1.165) is 78.5 Å². The Labute approximate surface area is 379 Å². The fourth-order valence-electron chi connectivity index (χ4n) is 6.49. The molecule has 16 nitrogen and oxygen atoms in total. The predicted octanol–water partition coefficient (Wildman–Crippen LogP) is 5.60. The van der Waals surface area contributed by atoms with Gasteiger partial charge < -0.3 is 35.8 Å².